The maximum absolute atomic E-state index is 11.8. The molecule has 0 aromatic rings. The minimum absolute atomic E-state index is 0.172. The van der Waals surface area contributed by atoms with E-state index in [4.69, 9.17) is 4.74 Å². The highest BCUT2D eigenvalue weighted by molar-refractivity contribution is 5.80. The van der Waals surface area contributed by atoms with Crippen molar-refractivity contribution in [2.45, 2.75) is 58.0 Å². The second-order valence-electron chi connectivity index (χ2n) is 6.27. The van der Waals surface area contributed by atoms with Gasteiger partial charge in [-0.2, -0.15) is 0 Å². The van der Waals surface area contributed by atoms with Crippen LogP contribution in [0, 0.1) is 5.92 Å². The lowest BCUT2D eigenvalue weighted by molar-refractivity contribution is -0.148. The molecule has 0 amide bonds. The molecular formula is C15H30N2O2. The van der Waals surface area contributed by atoms with Gasteiger partial charge in [0, 0.05) is 12.6 Å². The fraction of sp³-hybridized carbons (Fsp3) is 0.933. The minimum Gasteiger partial charge on any atom is -0.468 e. The average molecular weight is 270 g/mol. The highest BCUT2D eigenvalue weighted by Crippen LogP contribution is 2.28. The molecule has 4 nitrogen and oxygen atoms in total. The van der Waals surface area contributed by atoms with Crippen LogP contribution in [0.3, 0.4) is 0 Å². The fourth-order valence-corrected chi connectivity index (χ4v) is 2.26. The molecular weight excluding hydrogens is 240 g/mol. The minimum atomic E-state index is -0.570. The van der Waals surface area contributed by atoms with Crippen LogP contribution in [0.2, 0.25) is 0 Å². The summed E-state index contributed by atoms with van der Waals surface area (Å²) in [7, 11) is 3.28. The summed E-state index contributed by atoms with van der Waals surface area (Å²) in [5.41, 5.74) is -0.570. The van der Waals surface area contributed by atoms with Crippen molar-refractivity contribution in [2.24, 2.45) is 5.92 Å². The van der Waals surface area contributed by atoms with Crippen LogP contribution >= 0.6 is 0 Å². The second kappa shape index (κ2) is 7.25. The summed E-state index contributed by atoms with van der Waals surface area (Å²) in [6.45, 7) is 8.55. The molecule has 0 aromatic heterocycles. The summed E-state index contributed by atoms with van der Waals surface area (Å²) in [5, 5.41) is 3.11. The molecule has 1 unspecified atom stereocenters. The van der Waals surface area contributed by atoms with Crippen molar-refractivity contribution in [3.8, 4) is 0 Å². The molecule has 1 saturated carbocycles. The predicted molar refractivity (Wildman–Crippen MR) is 78.1 cm³/mol. The van der Waals surface area contributed by atoms with Crippen molar-refractivity contribution >= 4 is 5.97 Å². The van der Waals surface area contributed by atoms with Gasteiger partial charge in [0.15, 0.2) is 0 Å². The molecule has 0 radical (unpaired) electrons. The van der Waals surface area contributed by atoms with Gasteiger partial charge in [0.1, 0.15) is 5.54 Å². The van der Waals surface area contributed by atoms with Crippen LogP contribution in [0.4, 0.5) is 0 Å². The molecule has 1 rings (SSSR count). The van der Waals surface area contributed by atoms with Crippen LogP contribution in [-0.4, -0.2) is 49.7 Å². The molecule has 0 spiro atoms. The second-order valence-corrected chi connectivity index (χ2v) is 6.27. The normalized spacial score (nSPS) is 18.7. The Kier molecular flexibility index (Phi) is 6.27. The van der Waals surface area contributed by atoms with Gasteiger partial charge in [0.05, 0.1) is 7.11 Å². The zero-order valence-electron chi connectivity index (χ0n) is 13.2. The lowest BCUT2D eigenvalue weighted by Gasteiger charge is -2.30. The summed E-state index contributed by atoms with van der Waals surface area (Å²) in [5.74, 6) is 0.562. The smallest absolute Gasteiger partial charge is 0.325 e. The molecule has 4 heteroatoms. The zero-order valence-corrected chi connectivity index (χ0v) is 13.2. The maximum Gasteiger partial charge on any atom is 0.325 e. The largest absolute Gasteiger partial charge is 0.468 e. The quantitative estimate of drug-likeness (QED) is 0.651. The molecule has 19 heavy (non-hydrogen) atoms. The first kappa shape index (κ1) is 16.4. The Hall–Kier alpha value is -0.610. The third-order valence-corrected chi connectivity index (χ3v) is 4.14. The topological polar surface area (TPSA) is 41.6 Å². The average Bonchev–Trinajstić information content (AvgIpc) is 3.21. The van der Waals surface area contributed by atoms with Crippen LogP contribution in [-0.2, 0) is 9.53 Å². The van der Waals surface area contributed by atoms with E-state index in [1.54, 1.807) is 0 Å². The van der Waals surface area contributed by atoms with E-state index in [0.717, 1.165) is 31.5 Å². The number of carbonyl (C=O) groups is 1. The predicted octanol–water partition coefficient (Wildman–Crippen LogP) is 2.04. The Labute approximate surface area is 117 Å². The van der Waals surface area contributed by atoms with Crippen LogP contribution < -0.4 is 5.32 Å². The van der Waals surface area contributed by atoms with Gasteiger partial charge in [-0.15, -0.1) is 0 Å². The van der Waals surface area contributed by atoms with Crippen molar-refractivity contribution in [2.75, 3.05) is 27.2 Å². The lowest BCUT2D eigenvalue weighted by Crippen LogP contribution is -2.50. The molecule has 112 valence electrons. The van der Waals surface area contributed by atoms with E-state index in [9.17, 15) is 4.79 Å². The highest BCUT2D eigenvalue weighted by atomic mass is 16.5. The highest BCUT2D eigenvalue weighted by Gasteiger charge is 2.35. The Balaban J connectivity index is 2.47. The third-order valence-electron chi connectivity index (χ3n) is 4.14. The number of nitrogens with zero attached hydrogens (tertiary/aromatic N) is 1. The first-order chi connectivity index (χ1) is 8.92. The summed E-state index contributed by atoms with van der Waals surface area (Å²) in [4.78, 5) is 14.4. The lowest BCUT2D eigenvalue weighted by atomic mass is 9.97. The molecule has 1 aliphatic rings. The van der Waals surface area contributed by atoms with Gasteiger partial charge < -0.3 is 15.0 Å². The first-order valence-electron chi connectivity index (χ1n) is 7.44. The maximum atomic E-state index is 11.8. The van der Waals surface area contributed by atoms with E-state index in [-0.39, 0.29) is 5.97 Å². The number of methoxy groups -OCH3 is 1. The standard InChI is InChI=1S/C15H30N2O2/c1-12(2)8-10-17(13-6-7-13)11-9-15(3,16-4)14(18)19-5/h12-13,16H,6-11H2,1-5H3. The van der Waals surface area contributed by atoms with Gasteiger partial charge >= 0.3 is 5.97 Å². The molecule has 0 aliphatic heterocycles. The molecule has 0 aromatic carbocycles. The van der Waals surface area contributed by atoms with Crippen molar-refractivity contribution in [1.82, 2.24) is 10.2 Å². The van der Waals surface area contributed by atoms with Gasteiger partial charge in [-0.3, -0.25) is 4.79 Å². The molecule has 1 fully saturated rings. The molecule has 1 aliphatic carbocycles. The van der Waals surface area contributed by atoms with E-state index in [1.807, 2.05) is 14.0 Å². The number of carbonyl (C=O) groups excluding carboxylic acids is 1. The molecule has 0 heterocycles. The van der Waals surface area contributed by atoms with E-state index in [2.05, 4.69) is 24.1 Å². The number of esters is 1. The van der Waals surface area contributed by atoms with Crippen molar-refractivity contribution in [3.05, 3.63) is 0 Å². The SMILES string of the molecule is CNC(C)(CCN(CCC(C)C)C1CC1)C(=O)OC. The van der Waals surface area contributed by atoms with Crippen LogP contribution in [0.25, 0.3) is 0 Å². The van der Waals surface area contributed by atoms with E-state index >= 15 is 0 Å². The summed E-state index contributed by atoms with van der Waals surface area (Å²) < 4.78 is 4.89. The fourth-order valence-electron chi connectivity index (χ4n) is 2.26. The monoisotopic (exact) mass is 270 g/mol. The first-order valence-corrected chi connectivity index (χ1v) is 7.44. The number of hydrogen-bond donors (Lipinski definition) is 1. The van der Waals surface area contributed by atoms with Crippen LogP contribution in [0.5, 0.6) is 0 Å². The summed E-state index contributed by atoms with van der Waals surface area (Å²) in [6, 6.07) is 0.748. The molecule has 0 saturated heterocycles. The van der Waals surface area contributed by atoms with Crippen molar-refractivity contribution in [3.63, 3.8) is 0 Å². The molecule has 0 bridgehead atoms. The third kappa shape index (κ3) is 5.11. The Bertz CT molecular complexity index is 290. The number of ether oxygens (including phenoxy) is 1. The Morgan fingerprint density at radius 3 is 2.47 bits per heavy atom. The van der Waals surface area contributed by atoms with Crippen LogP contribution in [0.15, 0.2) is 0 Å². The van der Waals surface area contributed by atoms with E-state index < -0.39 is 5.54 Å². The van der Waals surface area contributed by atoms with Gasteiger partial charge in [-0.05, 0) is 52.1 Å². The van der Waals surface area contributed by atoms with Gasteiger partial charge in [-0.1, -0.05) is 13.8 Å². The molecule has 1 atom stereocenters. The number of nitrogens with one attached hydrogen (secondary N) is 1. The summed E-state index contributed by atoms with van der Waals surface area (Å²) in [6.07, 6.45) is 4.65. The number of hydrogen-bond acceptors (Lipinski definition) is 4. The van der Waals surface area contributed by atoms with Crippen molar-refractivity contribution < 1.29 is 9.53 Å². The summed E-state index contributed by atoms with van der Waals surface area (Å²) >= 11 is 0. The zero-order chi connectivity index (χ0) is 14.5. The van der Waals surface area contributed by atoms with E-state index in [1.165, 1.54) is 26.4 Å². The Morgan fingerprint density at radius 1 is 1.42 bits per heavy atom. The van der Waals surface area contributed by atoms with Gasteiger partial charge in [0.25, 0.3) is 0 Å². The molecule has 1 N–H and O–H groups in total. The van der Waals surface area contributed by atoms with Gasteiger partial charge in [-0.25, -0.2) is 0 Å². The number of likely N-dealkylation sites (N-methyl/N-ethyl adjacent to an activating group) is 1. The van der Waals surface area contributed by atoms with Gasteiger partial charge in [0.2, 0.25) is 0 Å². The van der Waals surface area contributed by atoms with Crippen LogP contribution in [0.1, 0.15) is 46.5 Å². The van der Waals surface area contributed by atoms with Crippen molar-refractivity contribution in [1.29, 1.82) is 0 Å². The number of rotatable bonds is 9. The van der Waals surface area contributed by atoms with E-state index in [0.29, 0.717) is 0 Å². The Morgan fingerprint density at radius 2 is 2.05 bits per heavy atom.